The SMILES string of the molecule is CCc1ccccc1NC(=O)c1ccnc(NCCOc2ccc(OC)cc2)n1. The average Bonchev–Trinajstić information content (AvgIpc) is 2.77. The number of anilines is 2. The van der Waals surface area contributed by atoms with Crippen LogP contribution in [0.2, 0.25) is 0 Å². The monoisotopic (exact) mass is 392 g/mol. The van der Waals surface area contributed by atoms with Gasteiger partial charge in [-0.05, 0) is 48.4 Å². The second-order valence-corrected chi connectivity index (χ2v) is 6.18. The van der Waals surface area contributed by atoms with E-state index in [1.165, 1.54) is 0 Å². The Labute approximate surface area is 170 Å². The zero-order valence-electron chi connectivity index (χ0n) is 16.5. The predicted molar refractivity (Wildman–Crippen MR) is 113 cm³/mol. The van der Waals surface area contributed by atoms with Gasteiger partial charge in [-0.25, -0.2) is 9.97 Å². The van der Waals surface area contributed by atoms with Crippen molar-refractivity contribution < 1.29 is 14.3 Å². The number of benzene rings is 2. The topological polar surface area (TPSA) is 85.4 Å². The number of rotatable bonds is 9. The summed E-state index contributed by atoms with van der Waals surface area (Å²) in [6.45, 7) is 2.97. The second-order valence-electron chi connectivity index (χ2n) is 6.18. The Morgan fingerprint density at radius 2 is 1.79 bits per heavy atom. The van der Waals surface area contributed by atoms with E-state index in [1.54, 1.807) is 19.4 Å². The van der Waals surface area contributed by atoms with Crippen molar-refractivity contribution >= 4 is 17.5 Å². The van der Waals surface area contributed by atoms with Crippen LogP contribution in [-0.4, -0.2) is 36.1 Å². The van der Waals surface area contributed by atoms with Gasteiger partial charge in [-0.2, -0.15) is 0 Å². The van der Waals surface area contributed by atoms with Crippen LogP contribution in [0, 0.1) is 0 Å². The molecule has 0 unspecified atom stereocenters. The number of nitrogens with zero attached hydrogens (tertiary/aromatic N) is 2. The van der Waals surface area contributed by atoms with Crippen molar-refractivity contribution in [3.8, 4) is 11.5 Å². The molecule has 0 bridgehead atoms. The Morgan fingerprint density at radius 3 is 2.55 bits per heavy atom. The van der Waals surface area contributed by atoms with E-state index in [-0.39, 0.29) is 5.91 Å². The van der Waals surface area contributed by atoms with Crippen LogP contribution < -0.4 is 20.1 Å². The lowest BCUT2D eigenvalue weighted by Crippen LogP contribution is -2.18. The fourth-order valence-corrected chi connectivity index (χ4v) is 2.71. The molecule has 3 aromatic rings. The van der Waals surface area contributed by atoms with Gasteiger partial charge in [0.1, 0.15) is 23.8 Å². The molecule has 29 heavy (non-hydrogen) atoms. The molecule has 0 aliphatic carbocycles. The van der Waals surface area contributed by atoms with Crippen molar-refractivity contribution in [3.05, 3.63) is 72.1 Å². The first-order valence-corrected chi connectivity index (χ1v) is 9.42. The molecule has 1 aromatic heterocycles. The zero-order valence-corrected chi connectivity index (χ0v) is 16.5. The number of carbonyl (C=O) groups is 1. The summed E-state index contributed by atoms with van der Waals surface area (Å²) in [5.74, 6) is 1.63. The molecule has 0 aliphatic heterocycles. The number of hydrogen-bond acceptors (Lipinski definition) is 6. The second kappa shape index (κ2) is 10.1. The van der Waals surface area contributed by atoms with Crippen molar-refractivity contribution in [1.82, 2.24) is 9.97 Å². The molecular formula is C22H24N4O3. The third-order valence-electron chi connectivity index (χ3n) is 4.25. The Hall–Kier alpha value is -3.61. The Morgan fingerprint density at radius 1 is 1.03 bits per heavy atom. The Balaban J connectivity index is 1.52. The third-order valence-corrected chi connectivity index (χ3v) is 4.25. The first kappa shape index (κ1) is 20.1. The summed E-state index contributed by atoms with van der Waals surface area (Å²) in [7, 11) is 1.62. The van der Waals surface area contributed by atoms with E-state index in [9.17, 15) is 4.79 Å². The Bertz CT molecular complexity index is 945. The molecule has 0 spiro atoms. The van der Waals surface area contributed by atoms with Crippen LogP contribution in [0.1, 0.15) is 23.0 Å². The summed E-state index contributed by atoms with van der Waals surface area (Å²) in [6, 6.07) is 16.7. The molecule has 0 fully saturated rings. The van der Waals surface area contributed by atoms with E-state index in [0.29, 0.717) is 24.8 Å². The molecule has 0 saturated carbocycles. The van der Waals surface area contributed by atoms with Gasteiger partial charge in [0.05, 0.1) is 13.7 Å². The minimum absolute atomic E-state index is 0.272. The van der Waals surface area contributed by atoms with Gasteiger partial charge in [0, 0.05) is 11.9 Å². The number of amides is 1. The quantitative estimate of drug-likeness (QED) is 0.539. The van der Waals surface area contributed by atoms with Crippen molar-refractivity contribution in [3.63, 3.8) is 0 Å². The van der Waals surface area contributed by atoms with Crippen LogP contribution in [0.15, 0.2) is 60.8 Å². The van der Waals surface area contributed by atoms with Gasteiger partial charge in [-0.15, -0.1) is 0 Å². The minimum atomic E-state index is -0.272. The van der Waals surface area contributed by atoms with Gasteiger partial charge in [0.25, 0.3) is 5.91 Å². The average molecular weight is 392 g/mol. The first-order valence-electron chi connectivity index (χ1n) is 9.42. The molecule has 3 rings (SSSR count). The van der Waals surface area contributed by atoms with Gasteiger partial charge in [0.15, 0.2) is 0 Å². The molecule has 0 aliphatic rings. The molecule has 7 nitrogen and oxygen atoms in total. The fourth-order valence-electron chi connectivity index (χ4n) is 2.71. The summed E-state index contributed by atoms with van der Waals surface area (Å²) in [6.07, 6.45) is 2.39. The molecule has 7 heteroatoms. The molecule has 0 atom stereocenters. The molecule has 2 N–H and O–H groups in total. The molecule has 2 aromatic carbocycles. The van der Waals surface area contributed by atoms with Crippen LogP contribution in [0.5, 0.6) is 11.5 Å². The van der Waals surface area contributed by atoms with Crippen molar-refractivity contribution in [2.75, 3.05) is 30.9 Å². The van der Waals surface area contributed by atoms with Crippen molar-refractivity contribution in [2.45, 2.75) is 13.3 Å². The number of aryl methyl sites for hydroxylation is 1. The number of carbonyl (C=O) groups excluding carboxylic acids is 1. The lowest BCUT2D eigenvalue weighted by atomic mass is 10.1. The smallest absolute Gasteiger partial charge is 0.274 e. The molecule has 0 saturated heterocycles. The van der Waals surface area contributed by atoms with E-state index in [4.69, 9.17) is 9.47 Å². The molecular weight excluding hydrogens is 368 g/mol. The lowest BCUT2D eigenvalue weighted by molar-refractivity contribution is 0.102. The highest BCUT2D eigenvalue weighted by Gasteiger charge is 2.11. The highest BCUT2D eigenvalue weighted by Crippen LogP contribution is 2.17. The molecule has 0 radical (unpaired) electrons. The van der Waals surface area contributed by atoms with Crippen molar-refractivity contribution in [2.24, 2.45) is 0 Å². The number of hydrogen-bond donors (Lipinski definition) is 2. The van der Waals surface area contributed by atoms with E-state index in [1.807, 2.05) is 55.5 Å². The third kappa shape index (κ3) is 5.68. The minimum Gasteiger partial charge on any atom is -0.497 e. The Kier molecular flexibility index (Phi) is 7.00. The summed E-state index contributed by atoms with van der Waals surface area (Å²) >= 11 is 0. The maximum atomic E-state index is 12.5. The fraction of sp³-hybridized carbons (Fsp3) is 0.227. The molecule has 1 amide bonds. The van der Waals surface area contributed by atoms with Crippen LogP contribution in [-0.2, 0) is 6.42 Å². The highest BCUT2D eigenvalue weighted by atomic mass is 16.5. The van der Waals surface area contributed by atoms with Gasteiger partial charge < -0.3 is 20.1 Å². The molecule has 1 heterocycles. The van der Waals surface area contributed by atoms with E-state index < -0.39 is 0 Å². The van der Waals surface area contributed by atoms with E-state index >= 15 is 0 Å². The number of ether oxygens (including phenoxy) is 2. The summed E-state index contributed by atoms with van der Waals surface area (Å²) < 4.78 is 10.8. The number of nitrogens with one attached hydrogen (secondary N) is 2. The van der Waals surface area contributed by atoms with Crippen molar-refractivity contribution in [1.29, 1.82) is 0 Å². The first-order chi connectivity index (χ1) is 14.2. The van der Waals surface area contributed by atoms with E-state index in [0.717, 1.165) is 29.2 Å². The number of methoxy groups -OCH3 is 1. The lowest BCUT2D eigenvalue weighted by Gasteiger charge is -2.10. The van der Waals surface area contributed by atoms with Gasteiger partial charge in [-0.1, -0.05) is 25.1 Å². The van der Waals surface area contributed by atoms with Crippen LogP contribution >= 0.6 is 0 Å². The largest absolute Gasteiger partial charge is 0.497 e. The number of aromatic nitrogens is 2. The summed E-state index contributed by atoms with van der Waals surface area (Å²) in [5.41, 5.74) is 2.16. The van der Waals surface area contributed by atoms with Gasteiger partial charge in [-0.3, -0.25) is 4.79 Å². The van der Waals surface area contributed by atoms with Gasteiger partial charge in [0.2, 0.25) is 5.95 Å². The highest BCUT2D eigenvalue weighted by molar-refractivity contribution is 6.03. The standard InChI is InChI=1S/C22H24N4O3/c1-3-16-6-4-5-7-19(16)25-21(27)20-12-13-23-22(26-20)24-14-15-29-18-10-8-17(28-2)9-11-18/h4-13H,3,14-15H2,1-2H3,(H,25,27)(H,23,24,26). The normalized spacial score (nSPS) is 10.3. The predicted octanol–water partition coefficient (Wildman–Crippen LogP) is 3.79. The van der Waals surface area contributed by atoms with Crippen LogP contribution in [0.3, 0.4) is 0 Å². The maximum Gasteiger partial charge on any atom is 0.274 e. The van der Waals surface area contributed by atoms with Crippen LogP contribution in [0.25, 0.3) is 0 Å². The maximum absolute atomic E-state index is 12.5. The molecule has 150 valence electrons. The summed E-state index contributed by atoms with van der Waals surface area (Å²) in [4.78, 5) is 21.0. The van der Waals surface area contributed by atoms with Gasteiger partial charge >= 0.3 is 0 Å². The van der Waals surface area contributed by atoms with Crippen LogP contribution in [0.4, 0.5) is 11.6 Å². The zero-order chi connectivity index (χ0) is 20.5. The van der Waals surface area contributed by atoms with E-state index in [2.05, 4.69) is 20.6 Å². The summed E-state index contributed by atoms with van der Waals surface area (Å²) in [5, 5.41) is 5.98. The number of para-hydroxylation sites is 1.